The zero-order valence-electron chi connectivity index (χ0n) is 27.7. The van der Waals surface area contributed by atoms with E-state index >= 15 is 4.39 Å². The van der Waals surface area contributed by atoms with E-state index in [9.17, 15) is 9.59 Å². The Morgan fingerprint density at radius 3 is 2.69 bits per heavy atom. The van der Waals surface area contributed by atoms with Crippen molar-refractivity contribution in [3.05, 3.63) is 93.7 Å². The lowest BCUT2D eigenvalue weighted by molar-refractivity contribution is 0.0789. The van der Waals surface area contributed by atoms with Crippen LogP contribution >= 0.6 is 0 Å². The number of hydrogen-bond donors (Lipinski definition) is 2. The number of methoxy groups -OCH3 is 2. The van der Waals surface area contributed by atoms with E-state index in [1.54, 1.807) is 20.4 Å². The normalized spacial score (nSPS) is 20.0. The standard InChI is InChI=1S/C39H42FN3O5/c1-23-7-6-8-24(17-23)14-16-42-39(45)29-22-43-31-19-26-9-4-5-10-27(26)20-33(31)48-38-35(30(40)21-28(36(38)43)37(29)44)41-15-13-25-11-12-32(46-2)34(18-25)47-3/h4-5,9-11,18-24,32,41H,6-8,12-17H2,1-3H3,(H,42,45)/t23-,24?,32+/m1/s1. The summed E-state index contributed by atoms with van der Waals surface area (Å²) >= 11 is 0. The molecule has 2 aliphatic carbocycles. The first-order valence-electron chi connectivity index (χ1n) is 17.0. The van der Waals surface area contributed by atoms with Crippen molar-refractivity contribution in [2.24, 2.45) is 11.8 Å². The first kappa shape index (κ1) is 31.9. The van der Waals surface area contributed by atoms with Crippen LogP contribution in [0.4, 0.5) is 10.1 Å². The third kappa shape index (κ3) is 6.07. The van der Waals surface area contributed by atoms with Crippen molar-refractivity contribution in [3.63, 3.8) is 0 Å². The fourth-order valence-electron chi connectivity index (χ4n) is 7.55. The number of rotatable bonds is 10. The lowest BCUT2D eigenvalue weighted by Gasteiger charge is -2.27. The highest BCUT2D eigenvalue weighted by Crippen LogP contribution is 2.46. The maximum Gasteiger partial charge on any atom is 0.256 e. The van der Waals surface area contributed by atoms with E-state index in [4.69, 9.17) is 14.2 Å². The molecule has 4 aromatic rings. The zero-order chi connectivity index (χ0) is 33.4. The molecule has 1 amide bonds. The smallest absolute Gasteiger partial charge is 0.256 e. The summed E-state index contributed by atoms with van der Waals surface area (Å²) in [5.74, 6) is 1.67. The van der Waals surface area contributed by atoms with Gasteiger partial charge in [0.15, 0.2) is 17.3 Å². The van der Waals surface area contributed by atoms with Gasteiger partial charge < -0.3 is 29.4 Å². The monoisotopic (exact) mass is 651 g/mol. The van der Waals surface area contributed by atoms with Crippen molar-refractivity contribution < 1.29 is 23.4 Å². The quantitative estimate of drug-likeness (QED) is 0.159. The molecule has 0 spiro atoms. The van der Waals surface area contributed by atoms with Crippen LogP contribution in [0, 0.1) is 17.7 Å². The summed E-state index contributed by atoms with van der Waals surface area (Å²) in [5, 5.41) is 8.25. The number of carbonyl (C=O) groups is 1. The number of aromatic nitrogens is 1. The van der Waals surface area contributed by atoms with E-state index < -0.39 is 17.2 Å². The number of nitrogens with one attached hydrogen (secondary N) is 2. The number of anilines is 1. The molecular weight excluding hydrogens is 609 g/mol. The molecule has 3 atom stereocenters. The molecule has 8 nitrogen and oxygen atoms in total. The number of amides is 1. The van der Waals surface area contributed by atoms with Crippen LogP contribution in [0.3, 0.4) is 0 Å². The fraction of sp³-hybridized carbons (Fsp3) is 0.385. The molecule has 2 N–H and O–H groups in total. The van der Waals surface area contributed by atoms with Crippen molar-refractivity contribution in [2.45, 2.75) is 58.0 Å². The van der Waals surface area contributed by atoms with Gasteiger partial charge >= 0.3 is 0 Å². The highest BCUT2D eigenvalue weighted by atomic mass is 19.1. The van der Waals surface area contributed by atoms with E-state index in [1.165, 1.54) is 31.7 Å². The van der Waals surface area contributed by atoms with E-state index in [-0.39, 0.29) is 28.5 Å². The van der Waals surface area contributed by atoms with Crippen LogP contribution in [0.15, 0.2) is 76.9 Å². The minimum atomic E-state index is -0.625. The van der Waals surface area contributed by atoms with Crippen LogP contribution in [-0.4, -0.2) is 43.9 Å². The van der Waals surface area contributed by atoms with Crippen molar-refractivity contribution in [1.29, 1.82) is 0 Å². The van der Waals surface area contributed by atoms with Gasteiger partial charge in [0.05, 0.1) is 18.2 Å². The summed E-state index contributed by atoms with van der Waals surface area (Å²) < 4.78 is 35.3. The second-order valence-electron chi connectivity index (χ2n) is 13.3. The Morgan fingerprint density at radius 2 is 1.92 bits per heavy atom. The Bertz CT molecular complexity index is 2020. The lowest BCUT2D eigenvalue weighted by Crippen LogP contribution is -2.32. The lowest BCUT2D eigenvalue weighted by atomic mass is 9.81. The summed E-state index contributed by atoms with van der Waals surface area (Å²) in [6.45, 7) is 3.18. The number of hydrogen-bond acceptors (Lipinski definition) is 6. The highest BCUT2D eigenvalue weighted by molar-refractivity contribution is 6.02. The number of halogens is 1. The van der Waals surface area contributed by atoms with Crippen molar-refractivity contribution >= 4 is 33.3 Å². The highest BCUT2D eigenvalue weighted by Gasteiger charge is 2.29. The Balaban J connectivity index is 1.23. The fourth-order valence-corrected chi connectivity index (χ4v) is 7.55. The number of benzene rings is 3. The topological polar surface area (TPSA) is 90.8 Å². The average Bonchev–Trinajstić information content (AvgIpc) is 3.09. The van der Waals surface area contributed by atoms with Crippen LogP contribution in [0.1, 0.15) is 62.2 Å². The molecular formula is C39H42FN3O5. The maximum atomic E-state index is 16.0. The van der Waals surface area contributed by atoms with Crippen LogP contribution < -0.4 is 20.8 Å². The minimum absolute atomic E-state index is 0.0223. The molecule has 2 heterocycles. The van der Waals surface area contributed by atoms with Crippen LogP contribution in [0.5, 0.6) is 11.5 Å². The van der Waals surface area contributed by atoms with Gasteiger partial charge in [-0.25, -0.2) is 4.39 Å². The van der Waals surface area contributed by atoms with Crippen molar-refractivity contribution in [3.8, 4) is 17.2 Å². The minimum Gasteiger partial charge on any atom is -0.498 e. The Kier molecular flexibility index (Phi) is 8.96. The molecule has 0 radical (unpaired) electrons. The van der Waals surface area contributed by atoms with Gasteiger partial charge in [0, 0.05) is 26.4 Å². The van der Waals surface area contributed by atoms with Gasteiger partial charge in [-0.1, -0.05) is 56.5 Å². The summed E-state index contributed by atoms with van der Waals surface area (Å²) in [6, 6.07) is 13.0. The van der Waals surface area contributed by atoms with E-state index in [2.05, 4.69) is 23.6 Å². The second kappa shape index (κ2) is 13.5. The zero-order valence-corrected chi connectivity index (χ0v) is 27.7. The molecule has 1 aromatic heterocycles. The third-order valence-corrected chi connectivity index (χ3v) is 10.1. The Hall–Kier alpha value is -4.63. The van der Waals surface area contributed by atoms with Crippen molar-refractivity contribution in [1.82, 2.24) is 9.88 Å². The molecule has 1 saturated carbocycles. The van der Waals surface area contributed by atoms with Gasteiger partial charge in [-0.15, -0.1) is 0 Å². The first-order chi connectivity index (χ1) is 23.3. The van der Waals surface area contributed by atoms with E-state index in [0.29, 0.717) is 54.7 Å². The number of fused-ring (bicyclic) bond motifs is 3. The second-order valence-corrected chi connectivity index (χ2v) is 13.3. The number of pyridine rings is 1. The average molecular weight is 652 g/mol. The molecule has 9 heteroatoms. The molecule has 250 valence electrons. The van der Waals surface area contributed by atoms with E-state index in [0.717, 1.165) is 28.5 Å². The van der Waals surface area contributed by atoms with Gasteiger partial charge in [-0.2, -0.15) is 0 Å². The van der Waals surface area contributed by atoms with Crippen molar-refractivity contribution in [2.75, 3.05) is 32.6 Å². The number of carbonyl (C=O) groups excluding carboxylic acids is 1. The summed E-state index contributed by atoms with van der Waals surface area (Å²) in [5.41, 5.74) is 1.75. The molecule has 0 bridgehead atoms. The molecule has 3 aliphatic rings. The molecule has 1 unspecified atom stereocenters. The van der Waals surface area contributed by atoms with Gasteiger partial charge in [-0.3, -0.25) is 9.59 Å². The summed E-state index contributed by atoms with van der Waals surface area (Å²) in [4.78, 5) is 27.4. The Labute approximate surface area is 279 Å². The van der Waals surface area contributed by atoms with Crippen LogP contribution in [-0.2, 0) is 9.47 Å². The van der Waals surface area contributed by atoms with E-state index in [1.807, 2.05) is 47.0 Å². The number of nitrogens with zero attached hydrogens (tertiary/aromatic N) is 1. The maximum absolute atomic E-state index is 16.0. The Morgan fingerprint density at radius 1 is 1.10 bits per heavy atom. The summed E-state index contributed by atoms with van der Waals surface area (Å²) in [7, 11) is 3.28. The molecule has 48 heavy (non-hydrogen) atoms. The van der Waals surface area contributed by atoms with Gasteiger partial charge in [0.25, 0.3) is 5.91 Å². The summed E-state index contributed by atoms with van der Waals surface area (Å²) in [6.07, 6.45) is 12.5. The predicted molar refractivity (Wildman–Crippen MR) is 187 cm³/mol. The third-order valence-electron chi connectivity index (χ3n) is 10.1. The van der Waals surface area contributed by atoms with Gasteiger partial charge in [0.2, 0.25) is 5.43 Å². The van der Waals surface area contributed by atoms with Crippen LogP contribution in [0.2, 0.25) is 0 Å². The van der Waals surface area contributed by atoms with Gasteiger partial charge in [-0.05, 0) is 78.1 Å². The largest absolute Gasteiger partial charge is 0.498 e. The molecule has 1 aliphatic heterocycles. The molecule has 3 aromatic carbocycles. The van der Waals surface area contributed by atoms with Gasteiger partial charge in [0.1, 0.15) is 28.6 Å². The molecule has 0 saturated heterocycles. The predicted octanol–water partition coefficient (Wildman–Crippen LogP) is 8.01. The van der Waals surface area contributed by atoms with Crippen LogP contribution in [0.25, 0.3) is 27.4 Å². The first-order valence-corrected chi connectivity index (χ1v) is 17.0. The number of allylic oxidation sites excluding steroid dienone is 1. The molecule has 7 rings (SSSR count). The number of ether oxygens (including phenoxy) is 3. The SMILES string of the molecule is COC1=CC(CCNc2c(F)cc3c(=O)c(C(=O)NCCC4CCC[C@@H](C)C4)cn4c3c2Oc2cc3ccccc3cc2-4)=CC[C@@H]1OC. The molecule has 1 fully saturated rings.